The van der Waals surface area contributed by atoms with Crippen LogP contribution in [0.4, 0.5) is 13.2 Å². The average molecular weight is 330 g/mol. The minimum absolute atomic E-state index is 0.0199. The molecule has 0 aliphatic rings. The van der Waals surface area contributed by atoms with Crippen molar-refractivity contribution in [1.82, 2.24) is 4.72 Å². The lowest BCUT2D eigenvalue weighted by molar-refractivity contribution is -0.137. The smallest absolute Gasteiger partial charge is 0.210 e. The molecule has 114 valence electrons. The van der Waals surface area contributed by atoms with Gasteiger partial charge in [0.25, 0.3) is 0 Å². The molecule has 3 nitrogen and oxygen atoms in total. The number of hydrogen-bond acceptors (Lipinski definition) is 2. The molecule has 1 atom stereocenters. The van der Waals surface area contributed by atoms with Crippen molar-refractivity contribution >= 4 is 21.6 Å². The highest BCUT2D eigenvalue weighted by Gasteiger charge is 2.31. The fraction of sp³-hybridized carbons (Fsp3) is 0.500. The van der Waals surface area contributed by atoms with E-state index >= 15 is 0 Å². The third kappa shape index (κ3) is 4.96. The highest BCUT2D eigenvalue weighted by Crippen LogP contribution is 2.30. The van der Waals surface area contributed by atoms with Crippen molar-refractivity contribution in [2.75, 3.05) is 6.54 Å². The molecule has 1 N–H and O–H groups in total. The molecule has 0 spiro atoms. The van der Waals surface area contributed by atoms with E-state index in [9.17, 15) is 21.6 Å². The van der Waals surface area contributed by atoms with E-state index in [2.05, 4.69) is 4.72 Å². The summed E-state index contributed by atoms with van der Waals surface area (Å²) < 4.78 is 63.6. The van der Waals surface area contributed by atoms with Gasteiger partial charge in [-0.25, -0.2) is 13.1 Å². The molecule has 8 heteroatoms. The molecule has 0 saturated heterocycles. The number of alkyl halides is 4. The normalized spacial score (nSPS) is 14.2. The van der Waals surface area contributed by atoms with Gasteiger partial charge in [-0.15, -0.1) is 11.6 Å². The van der Waals surface area contributed by atoms with Crippen LogP contribution < -0.4 is 4.72 Å². The maximum Gasteiger partial charge on any atom is 0.416 e. The van der Waals surface area contributed by atoms with Crippen LogP contribution in [0.2, 0.25) is 0 Å². The molecule has 1 aromatic rings. The monoisotopic (exact) mass is 329 g/mol. The summed E-state index contributed by atoms with van der Waals surface area (Å²) in [6.45, 7) is 1.88. The number of nitrogens with one attached hydrogen (secondary N) is 1. The van der Waals surface area contributed by atoms with Crippen LogP contribution in [0.3, 0.4) is 0 Å². The van der Waals surface area contributed by atoms with Crippen molar-refractivity contribution in [2.45, 2.75) is 36.2 Å². The summed E-state index contributed by atoms with van der Waals surface area (Å²) in [5, 5.41) is -0.388. The Morgan fingerprint density at radius 1 is 1.35 bits per heavy atom. The van der Waals surface area contributed by atoms with E-state index in [1.54, 1.807) is 0 Å². The van der Waals surface area contributed by atoms with Gasteiger partial charge in [0.05, 0.1) is 10.5 Å². The van der Waals surface area contributed by atoms with Crippen LogP contribution in [0.1, 0.15) is 25.3 Å². The second-order valence-corrected chi connectivity index (χ2v) is 6.65. The molecule has 0 radical (unpaired) electrons. The van der Waals surface area contributed by atoms with Crippen molar-refractivity contribution in [3.63, 3.8) is 0 Å². The van der Waals surface area contributed by atoms with Gasteiger partial charge in [-0.1, -0.05) is 19.4 Å². The minimum Gasteiger partial charge on any atom is -0.210 e. The molecule has 0 fully saturated rings. The van der Waals surface area contributed by atoms with Crippen LogP contribution in [0.5, 0.6) is 0 Å². The standard InChI is InChI=1S/C12H15ClF3NO2S/c1-2-4-10(13)8-17-20(18,19)11-6-3-5-9(7-11)12(14,15)16/h3,5-7,10,17H,2,4,8H2,1H3. The minimum atomic E-state index is -4.58. The molecule has 0 aliphatic carbocycles. The van der Waals surface area contributed by atoms with Crippen molar-refractivity contribution in [2.24, 2.45) is 0 Å². The van der Waals surface area contributed by atoms with E-state index in [0.29, 0.717) is 12.5 Å². The topological polar surface area (TPSA) is 46.2 Å². The lowest BCUT2D eigenvalue weighted by Crippen LogP contribution is -2.30. The van der Waals surface area contributed by atoms with Gasteiger partial charge in [-0.05, 0) is 24.6 Å². The maximum absolute atomic E-state index is 12.5. The Morgan fingerprint density at radius 3 is 2.55 bits per heavy atom. The molecule has 0 heterocycles. The van der Waals surface area contributed by atoms with Gasteiger partial charge in [-0.3, -0.25) is 0 Å². The second kappa shape index (κ2) is 6.78. The number of hydrogen-bond donors (Lipinski definition) is 1. The van der Waals surface area contributed by atoms with Crippen molar-refractivity contribution in [3.8, 4) is 0 Å². The van der Waals surface area contributed by atoms with Crippen LogP contribution in [0.25, 0.3) is 0 Å². The van der Waals surface area contributed by atoms with E-state index in [4.69, 9.17) is 11.6 Å². The highest BCUT2D eigenvalue weighted by molar-refractivity contribution is 7.89. The Kier molecular flexibility index (Phi) is 5.85. The van der Waals surface area contributed by atoms with Crippen LogP contribution in [0.15, 0.2) is 29.2 Å². The summed E-state index contributed by atoms with van der Waals surface area (Å²) in [5.41, 5.74) is -1.00. The number of sulfonamides is 1. The third-order valence-electron chi connectivity index (χ3n) is 2.57. The zero-order valence-corrected chi connectivity index (χ0v) is 12.3. The van der Waals surface area contributed by atoms with E-state index in [1.807, 2.05) is 6.92 Å². The van der Waals surface area contributed by atoms with E-state index < -0.39 is 26.7 Å². The summed E-state index contributed by atoms with van der Waals surface area (Å²) in [6.07, 6.45) is -3.17. The van der Waals surface area contributed by atoms with Gasteiger partial charge in [0.2, 0.25) is 10.0 Å². The fourth-order valence-corrected chi connectivity index (χ4v) is 3.05. The number of rotatable bonds is 6. The quantitative estimate of drug-likeness (QED) is 0.813. The van der Waals surface area contributed by atoms with Gasteiger partial charge in [-0.2, -0.15) is 13.2 Å². The van der Waals surface area contributed by atoms with Crippen molar-refractivity contribution < 1.29 is 21.6 Å². The zero-order valence-electron chi connectivity index (χ0n) is 10.7. The SMILES string of the molecule is CCCC(Cl)CNS(=O)(=O)c1cccc(C(F)(F)F)c1. The molecule has 0 aromatic heterocycles. The lowest BCUT2D eigenvalue weighted by Gasteiger charge is -2.12. The summed E-state index contributed by atoms with van der Waals surface area (Å²) in [5.74, 6) is 0. The van der Waals surface area contributed by atoms with Crippen molar-refractivity contribution in [1.29, 1.82) is 0 Å². The molecule has 0 bridgehead atoms. The molecule has 0 aliphatic heterocycles. The van der Waals surface area contributed by atoms with Crippen molar-refractivity contribution in [3.05, 3.63) is 29.8 Å². The first-order valence-electron chi connectivity index (χ1n) is 5.98. The summed E-state index contributed by atoms with van der Waals surface area (Å²) in [4.78, 5) is -0.423. The van der Waals surface area contributed by atoms with Gasteiger partial charge in [0.15, 0.2) is 0 Å². The molecule has 20 heavy (non-hydrogen) atoms. The molecule has 1 aromatic carbocycles. The Morgan fingerprint density at radius 2 is 2.00 bits per heavy atom. The van der Waals surface area contributed by atoms with Crippen LogP contribution in [-0.2, 0) is 16.2 Å². The Hall–Kier alpha value is -0.790. The van der Waals surface area contributed by atoms with E-state index in [1.165, 1.54) is 0 Å². The van der Waals surface area contributed by atoms with E-state index in [-0.39, 0.29) is 11.9 Å². The van der Waals surface area contributed by atoms with Gasteiger partial charge in [0, 0.05) is 11.9 Å². The maximum atomic E-state index is 12.5. The summed E-state index contributed by atoms with van der Waals surface area (Å²) in [6, 6.07) is 3.59. The Bertz CT molecular complexity index is 546. The molecule has 0 amide bonds. The molecule has 1 unspecified atom stereocenters. The van der Waals surface area contributed by atoms with Crippen LogP contribution in [-0.4, -0.2) is 20.3 Å². The predicted octanol–water partition coefficient (Wildman–Crippen LogP) is 3.39. The van der Waals surface area contributed by atoms with Crippen LogP contribution >= 0.6 is 11.6 Å². The largest absolute Gasteiger partial charge is 0.416 e. The Labute approximate surface area is 121 Å². The first-order valence-corrected chi connectivity index (χ1v) is 7.89. The van der Waals surface area contributed by atoms with Gasteiger partial charge >= 0.3 is 6.18 Å². The number of halogens is 4. The molecule has 0 saturated carbocycles. The van der Waals surface area contributed by atoms with Crippen LogP contribution in [0, 0.1) is 0 Å². The molecular formula is C12H15ClF3NO2S. The second-order valence-electron chi connectivity index (χ2n) is 4.26. The summed E-state index contributed by atoms with van der Waals surface area (Å²) in [7, 11) is -3.99. The fourth-order valence-electron chi connectivity index (χ4n) is 1.54. The predicted molar refractivity (Wildman–Crippen MR) is 71.2 cm³/mol. The summed E-state index contributed by atoms with van der Waals surface area (Å²) >= 11 is 5.87. The first-order chi connectivity index (χ1) is 9.16. The lowest BCUT2D eigenvalue weighted by atomic mass is 10.2. The van der Waals surface area contributed by atoms with Gasteiger partial charge in [0.1, 0.15) is 0 Å². The van der Waals surface area contributed by atoms with E-state index in [0.717, 1.165) is 24.6 Å². The molecular weight excluding hydrogens is 315 g/mol. The highest BCUT2D eigenvalue weighted by atomic mass is 35.5. The number of benzene rings is 1. The molecule has 1 rings (SSSR count). The average Bonchev–Trinajstić information content (AvgIpc) is 2.36. The third-order valence-corrected chi connectivity index (χ3v) is 4.36. The Balaban J connectivity index is 2.88. The first kappa shape index (κ1) is 17.3. The zero-order chi connectivity index (χ0) is 15.4. The van der Waals surface area contributed by atoms with Gasteiger partial charge < -0.3 is 0 Å².